The predicted molar refractivity (Wildman–Crippen MR) is 84.5 cm³/mol. The van der Waals surface area contributed by atoms with Crippen LogP contribution >= 0.6 is 15.9 Å². The Labute approximate surface area is 124 Å². The van der Waals surface area contributed by atoms with Crippen LogP contribution in [0.25, 0.3) is 0 Å². The van der Waals surface area contributed by atoms with Crippen LogP contribution in [0.3, 0.4) is 0 Å². The molecule has 1 aliphatic heterocycles. The molecule has 0 aromatic heterocycles. The highest BCUT2D eigenvalue weighted by atomic mass is 79.9. The third-order valence-corrected chi connectivity index (χ3v) is 4.27. The van der Waals surface area contributed by atoms with Crippen molar-refractivity contribution in [3.05, 3.63) is 34.3 Å². The number of hydrogen-bond acceptors (Lipinski definition) is 3. The molecule has 0 unspecified atom stereocenters. The quantitative estimate of drug-likeness (QED) is 0.868. The lowest BCUT2D eigenvalue weighted by Gasteiger charge is -2.30. The highest BCUT2D eigenvalue weighted by Gasteiger charge is 2.20. The summed E-state index contributed by atoms with van der Waals surface area (Å²) < 4.78 is 1.14. The molecule has 4 heteroatoms. The zero-order valence-corrected chi connectivity index (χ0v) is 13.5. The van der Waals surface area contributed by atoms with Crippen molar-refractivity contribution in [3.8, 4) is 0 Å². The minimum atomic E-state index is 0.161. The first-order valence-corrected chi connectivity index (χ1v) is 7.77. The summed E-state index contributed by atoms with van der Waals surface area (Å²) in [6.07, 6.45) is 0. The maximum atomic E-state index is 3.59. The Morgan fingerprint density at radius 1 is 1.21 bits per heavy atom. The average molecular weight is 326 g/mol. The van der Waals surface area contributed by atoms with E-state index in [1.54, 1.807) is 0 Å². The summed E-state index contributed by atoms with van der Waals surface area (Å²) in [6, 6.07) is 8.65. The fraction of sp³-hybridized carbons (Fsp3) is 0.600. The molecule has 1 aliphatic rings. The predicted octanol–water partition coefficient (Wildman–Crippen LogP) is 2.18. The van der Waals surface area contributed by atoms with Crippen LogP contribution < -0.4 is 10.6 Å². The second-order valence-corrected chi connectivity index (χ2v) is 6.76. The van der Waals surface area contributed by atoms with E-state index in [1.165, 1.54) is 5.56 Å². The Kier molecular flexibility index (Phi) is 5.39. The van der Waals surface area contributed by atoms with Crippen molar-refractivity contribution in [2.45, 2.75) is 19.3 Å². The lowest BCUT2D eigenvalue weighted by molar-refractivity contribution is 0.218. The summed E-state index contributed by atoms with van der Waals surface area (Å²) in [7, 11) is 0. The van der Waals surface area contributed by atoms with E-state index in [2.05, 4.69) is 69.6 Å². The van der Waals surface area contributed by atoms with E-state index in [4.69, 9.17) is 0 Å². The second kappa shape index (κ2) is 6.84. The first kappa shape index (κ1) is 15.0. The summed E-state index contributed by atoms with van der Waals surface area (Å²) in [5.74, 6) is 0. The fourth-order valence-corrected chi connectivity index (χ4v) is 2.66. The van der Waals surface area contributed by atoms with Gasteiger partial charge in [-0.3, -0.25) is 4.90 Å². The zero-order valence-electron chi connectivity index (χ0n) is 11.9. The van der Waals surface area contributed by atoms with E-state index >= 15 is 0 Å². The molecule has 0 spiro atoms. The van der Waals surface area contributed by atoms with E-state index in [9.17, 15) is 0 Å². The van der Waals surface area contributed by atoms with Crippen LogP contribution in [0.2, 0.25) is 0 Å². The Bertz CT molecular complexity index is 383. The highest BCUT2D eigenvalue weighted by Crippen LogP contribution is 2.23. The van der Waals surface area contributed by atoms with Crippen molar-refractivity contribution in [2.24, 2.45) is 0 Å². The van der Waals surface area contributed by atoms with Gasteiger partial charge in [-0.25, -0.2) is 0 Å². The molecular formula is C15H24BrN3. The zero-order chi connectivity index (χ0) is 13.7. The van der Waals surface area contributed by atoms with Gasteiger partial charge in [0.05, 0.1) is 0 Å². The van der Waals surface area contributed by atoms with E-state index < -0.39 is 0 Å². The summed E-state index contributed by atoms with van der Waals surface area (Å²) >= 11 is 3.49. The van der Waals surface area contributed by atoms with Crippen LogP contribution in [0, 0.1) is 0 Å². The molecule has 0 amide bonds. The minimum Gasteiger partial charge on any atom is -0.314 e. The van der Waals surface area contributed by atoms with Crippen molar-refractivity contribution in [1.82, 2.24) is 15.5 Å². The Morgan fingerprint density at radius 2 is 1.84 bits per heavy atom. The molecule has 0 bridgehead atoms. The van der Waals surface area contributed by atoms with Gasteiger partial charge in [-0.1, -0.05) is 41.9 Å². The first-order valence-electron chi connectivity index (χ1n) is 6.98. The van der Waals surface area contributed by atoms with E-state index in [0.29, 0.717) is 0 Å². The topological polar surface area (TPSA) is 27.3 Å². The standard InChI is InChI=1S/C15H24BrN3/c1-15(2,13-3-5-14(16)6-4-13)11-18-12-19-9-7-17-8-10-19/h3-6,17-18H,7-12H2,1-2H3. The summed E-state index contributed by atoms with van der Waals surface area (Å²) in [5.41, 5.74) is 1.54. The van der Waals surface area contributed by atoms with E-state index in [-0.39, 0.29) is 5.41 Å². The number of nitrogens with one attached hydrogen (secondary N) is 2. The molecule has 1 aromatic carbocycles. The monoisotopic (exact) mass is 325 g/mol. The van der Waals surface area contributed by atoms with Crippen LogP contribution in [0.15, 0.2) is 28.7 Å². The van der Waals surface area contributed by atoms with E-state index in [1.807, 2.05) is 0 Å². The van der Waals surface area contributed by atoms with Crippen molar-refractivity contribution in [2.75, 3.05) is 39.4 Å². The van der Waals surface area contributed by atoms with Crippen LogP contribution in [0.1, 0.15) is 19.4 Å². The molecule has 2 rings (SSSR count). The van der Waals surface area contributed by atoms with Crippen molar-refractivity contribution >= 4 is 15.9 Å². The molecule has 0 radical (unpaired) electrons. The van der Waals surface area contributed by atoms with Gasteiger partial charge in [0.25, 0.3) is 0 Å². The molecule has 0 saturated carbocycles. The van der Waals surface area contributed by atoms with Crippen LogP contribution in [0.4, 0.5) is 0 Å². The lowest BCUT2D eigenvalue weighted by Crippen LogP contribution is -2.48. The second-order valence-electron chi connectivity index (χ2n) is 5.84. The number of rotatable bonds is 5. The number of halogens is 1. The van der Waals surface area contributed by atoms with Crippen LogP contribution in [-0.2, 0) is 5.41 Å². The van der Waals surface area contributed by atoms with Gasteiger partial charge in [-0.2, -0.15) is 0 Å². The summed E-state index contributed by atoms with van der Waals surface area (Å²) in [5, 5.41) is 6.97. The summed E-state index contributed by atoms with van der Waals surface area (Å²) in [6.45, 7) is 11.1. The number of nitrogens with zero attached hydrogens (tertiary/aromatic N) is 1. The van der Waals surface area contributed by atoms with Gasteiger partial charge in [0.2, 0.25) is 0 Å². The Morgan fingerprint density at radius 3 is 2.47 bits per heavy atom. The Balaban J connectivity index is 1.81. The largest absolute Gasteiger partial charge is 0.314 e. The lowest BCUT2D eigenvalue weighted by atomic mass is 9.85. The first-order chi connectivity index (χ1) is 9.08. The average Bonchev–Trinajstić information content (AvgIpc) is 2.40. The minimum absolute atomic E-state index is 0.161. The van der Waals surface area contributed by atoms with Gasteiger partial charge in [-0.15, -0.1) is 0 Å². The maximum absolute atomic E-state index is 3.59. The summed E-state index contributed by atoms with van der Waals surface area (Å²) in [4.78, 5) is 2.47. The van der Waals surface area contributed by atoms with Gasteiger partial charge >= 0.3 is 0 Å². The van der Waals surface area contributed by atoms with Crippen molar-refractivity contribution in [3.63, 3.8) is 0 Å². The number of piperazine rings is 1. The normalized spacial score (nSPS) is 17.6. The molecule has 1 fully saturated rings. The van der Waals surface area contributed by atoms with E-state index in [0.717, 1.165) is 43.9 Å². The molecule has 0 aliphatic carbocycles. The van der Waals surface area contributed by atoms with Crippen molar-refractivity contribution in [1.29, 1.82) is 0 Å². The molecular weight excluding hydrogens is 302 g/mol. The SMILES string of the molecule is CC(C)(CNCN1CCNCC1)c1ccc(Br)cc1. The van der Waals surface area contributed by atoms with Gasteiger partial charge in [-0.05, 0) is 17.7 Å². The molecule has 1 aromatic rings. The van der Waals surface area contributed by atoms with Crippen LogP contribution in [0.5, 0.6) is 0 Å². The third-order valence-electron chi connectivity index (χ3n) is 3.74. The fourth-order valence-electron chi connectivity index (χ4n) is 2.40. The van der Waals surface area contributed by atoms with Gasteiger partial charge in [0.15, 0.2) is 0 Å². The molecule has 19 heavy (non-hydrogen) atoms. The molecule has 2 N–H and O–H groups in total. The highest BCUT2D eigenvalue weighted by molar-refractivity contribution is 9.10. The van der Waals surface area contributed by atoms with Gasteiger partial charge in [0.1, 0.15) is 0 Å². The smallest absolute Gasteiger partial charge is 0.0481 e. The number of hydrogen-bond donors (Lipinski definition) is 2. The molecule has 0 atom stereocenters. The Hall–Kier alpha value is -0.420. The molecule has 1 saturated heterocycles. The molecule has 3 nitrogen and oxygen atoms in total. The third kappa shape index (κ3) is 4.56. The molecule has 1 heterocycles. The number of benzene rings is 1. The van der Waals surface area contributed by atoms with Gasteiger partial charge in [0, 0.05) is 49.3 Å². The van der Waals surface area contributed by atoms with Crippen LogP contribution in [-0.4, -0.2) is 44.3 Å². The molecule has 106 valence electrons. The van der Waals surface area contributed by atoms with Crippen molar-refractivity contribution < 1.29 is 0 Å². The van der Waals surface area contributed by atoms with Gasteiger partial charge < -0.3 is 10.6 Å². The maximum Gasteiger partial charge on any atom is 0.0481 e.